The van der Waals surface area contributed by atoms with E-state index in [4.69, 9.17) is 5.11 Å². The molecule has 0 aromatic carbocycles. The highest BCUT2D eigenvalue weighted by Crippen LogP contribution is 2.29. The molecule has 0 amide bonds. The molecule has 0 aromatic rings. The molecule has 1 N–H and O–H groups in total. The van der Waals surface area contributed by atoms with Crippen LogP contribution in [0.25, 0.3) is 0 Å². The number of carbonyl (C=O) groups is 1. The Bertz CT molecular complexity index is 137. The molecule has 1 radical (unpaired) electrons. The van der Waals surface area contributed by atoms with Crippen LogP contribution < -0.4 is 0 Å². The molecule has 0 heterocycles. The van der Waals surface area contributed by atoms with E-state index in [0.29, 0.717) is 6.42 Å². The fourth-order valence-corrected chi connectivity index (χ4v) is 1.79. The van der Waals surface area contributed by atoms with Crippen LogP contribution in [0.5, 0.6) is 0 Å². The maximum Gasteiger partial charge on any atom is 0.303 e. The van der Waals surface area contributed by atoms with E-state index in [2.05, 4.69) is 0 Å². The molecule has 0 bridgehead atoms. The van der Waals surface area contributed by atoms with Crippen molar-refractivity contribution in [3.05, 3.63) is 5.92 Å². The highest BCUT2D eigenvalue weighted by molar-refractivity contribution is 5.66. The monoisotopic (exact) mass is 169 g/mol. The molecule has 0 aromatic heterocycles. The Morgan fingerprint density at radius 3 is 2.50 bits per heavy atom. The zero-order valence-corrected chi connectivity index (χ0v) is 7.51. The molecule has 1 fully saturated rings. The first kappa shape index (κ1) is 9.56. The van der Waals surface area contributed by atoms with Crippen molar-refractivity contribution in [1.29, 1.82) is 0 Å². The topological polar surface area (TPSA) is 37.3 Å². The molecular weight excluding hydrogens is 152 g/mol. The maximum absolute atomic E-state index is 10.2. The molecule has 0 spiro atoms. The molecular formula is C10H17O2. The number of hydrogen-bond acceptors (Lipinski definition) is 1. The van der Waals surface area contributed by atoms with E-state index >= 15 is 0 Å². The molecule has 12 heavy (non-hydrogen) atoms. The largest absolute Gasteiger partial charge is 0.481 e. The zero-order chi connectivity index (χ0) is 8.81. The summed E-state index contributed by atoms with van der Waals surface area (Å²) in [6.07, 6.45) is 8.73. The lowest BCUT2D eigenvalue weighted by atomic mass is 9.86. The summed E-state index contributed by atoms with van der Waals surface area (Å²) < 4.78 is 0. The molecule has 69 valence electrons. The zero-order valence-electron chi connectivity index (χ0n) is 7.51. The average molecular weight is 169 g/mol. The quantitative estimate of drug-likeness (QED) is 0.702. The molecule has 1 aliphatic rings. The van der Waals surface area contributed by atoms with E-state index in [1.54, 1.807) is 5.92 Å². The van der Waals surface area contributed by atoms with E-state index in [9.17, 15) is 4.79 Å². The van der Waals surface area contributed by atoms with Gasteiger partial charge in [0.25, 0.3) is 0 Å². The van der Waals surface area contributed by atoms with Gasteiger partial charge in [-0.15, -0.1) is 0 Å². The lowest BCUT2D eigenvalue weighted by molar-refractivity contribution is -0.137. The fourth-order valence-electron chi connectivity index (χ4n) is 1.79. The summed E-state index contributed by atoms with van der Waals surface area (Å²) in [7, 11) is 0. The van der Waals surface area contributed by atoms with Gasteiger partial charge in [0.15, 0.2) is 0 Å². The van der Waals surface area contributed by atoms with Crippen molar-refractivity contribution in [3.63, 3.8) is 0 Å². The van der Waals surface area contributed by atoms with Crippen LogP contribution >= 0.6 is 0 Å². The maximum atomic E-state index is 10.2. The third kappa shape index (κ3) is 3.74. The SMILES string of the molecule is O=C(O)CCC[C]1CCCCC1. The summed E-state index contributed by atoms with van der Waals surface area (Å²) >= 11 is 0. The van der Waals surface area contributed by atoms with Gasteiger partial charge in [0.2, 0.25) is 0 Å². The average Bonchev–Trinajstić information content (AvgIpc) is 2.05. The Labute approximate surface area is 74.0 Å². The predicted octanol–water partition coefficient (Wildman–Crippen LogP) is 2.78. The van der Waals surface area contributed by atoms with Crippen LogP contribution in [0.2, 0.25) is 0 Å². The van der Waals surface area contributed by atoms with Crippen molar-refractivity contribution in [1.82, 2.24) is 0 Å². The van der Waals surface area contributed by atoms with Crippen LogP contribution in [0.4, 0.5) is 0 Å². The Kier molecular flexibility index (Phi) is 4.12. The minimum absolute atomic E-state index is 0.337. The summed E-state index contributed by atoms with van der Waals surface area (Å²) in [6, 6.07) is 0. The van der Waals surface area contributed by atoms with E-state index in [1.165, 1.54) is 32.1 Å². The van der Waals surface area contributed by atoms with Crippen LogP contribution in [-0.2, 0) is 4.79 Å². The van der Waals surface area contributed by atoms with Crippen molar-refractivity contribution >= 4 is 5.97 Å². The third-order valence-electron chi connectivity index (χ3n) is 2.48. The summed E-state index contributed by atoms with van der Waals surface area (Å²) in [5.74, 6) is 0.939. The number of rotatable bonds is 4. The van der Waals surface area contributed by atoms with E-state index < -0.39 is 5.97 Å². The van der Waals surface area contributed by atoms with Crippen LogP contribution in [0.3, 0.4) is 0 Å². The highest BCUT2D eigenvalue weighted by Gasteiger charge is 2.13. The molecule has 2 nitrogen and oxygen atoms in total. The van der Waals surface area contributed by atoms with Gasteiger partial charge in [-0.3, -0.25) is 4.79 Å². The minimum Gasteiger partial charge on any atom is -0.481 e. The molecule has 2 heteroatoms. The Morgan fingerprint density at radius 1 is 1.25 bits per heavy atom. The number of hydrogen-bond donors (Lipinski definition) is 1. The van der Waals surface area contributed by atoms with Gasteiger partial charge in [-0.25, -0.2) is 0 Å². The van der Waals surface area contributed by atoms with Gasteiger partial charge in [-0.1, -0.05) is 19.3 Å². The van der Waals surface area contributed by atoms with E-state index in [0.717, 1.165) is 12.8 Å². The standard InChI is InChI=1S/C10H17O2/c11-10(12)8-4-7-9-5-2-1-3-6-9/h1-8H2,(H,11,12). The summed E-state index contributed by atoms with van der Waals surface area (Å²) in [5, 5.41) is 8.43. The Morgan fingerprint density at radius 2 is 1.92 bits per heavy atom. The van der Waals surface area contributed by atoms with Crippen LogP contribution in [0.15, 0.2) is 0 Å². The molecule has 1 aliphatic carbocycles. The van der Waals surface area contributed by atoms with Gasteiger partial charge in [-0.2, -0.15) is 0 Å². The van der Waals surface area contributed by atoms with Gasteiger partial charge in [0, 0.05) is 6.42 Å². The van der Waals surface area contributed by atoms with Gasteiger partial charge >= 0.3 is 5.97 Å². The van der Waals surface area contributed by atoms with Crippen LogP contribution in [0, 0.1) is 5.92 Å². The van der Waals surface area contributed by atoms with Crippen molar-refractivity contribution < 1.29 is 9.90 Å². The smallest absolute Gasteiger partial charge is 0.303 e. The van der Waals surface area contributed by atoms with E-state index in [1.807, 2.05) is 0 Å². The second-order valence-corrected chi connectivity index (χ2v) is 3.56. The lowest BCUT2D eigenvalue weighted by Crippen LogP contribution is -2.04. The second kappa shape index (κ2) is 5.18. The summed E-state index contributed by atoms with van der Waals surface area (Å²) in [6.45, 7) is 0. The minimum atomic E-state index is -0.661. The van der Waals surface area contributed by atoms with Gasteiger partial charge in [-0.05, 0) is 31.6 Å². The molecule has 0 aliphatic heterocycles. The van der Waals surface area contributed by atoms with Crippen molar-refractivity contribution in [2.24, 2.45) is 0 Å². The van der Waals surface area contributed by atoms with Crippen molar-refractivity contribution in [2.45, 2.75) is 51.4 Å². The number of carboxylic acids is 1. The predicted molar refractivity (Wildman–Crippen MR) is 47.8 cm³/mol. The van der Waals surface area contributed by atoms with Gasteiger partial charge < -0.3 is 5.11 Å². The van der Waals surface area contributed by atoms with E-state index in [-0.39, 0.29) is 0 Å². The number of carboxylic acid groups (broad SMARTS) is 1. The molecule has 0 atom stereocenters. The summed E-state index contributed by atoms with van der Waals surface area (Å²) in [4.78, 5) is 10.2. The van der Waals surface area contributed by atoms with Crippen LogP contribution in [-0.4, -0.2) is 11.1 Å². The number of aliphatic carboxylic acids is 1. The highest BCUT2D eigenvalue weighted by atomic mass is 16.4. The van der Waals surface area contributed by atoms with Crippen LogP contribution in [0.1, 0.15) is 51.4 Å². The lowest BCUT2D eigenvalue weighted by Gasteiger charge is -2.20. The normalized spacial score (nSPS) is 19.3. The van der Waals surface area contributed by atoms with Crippen molar-refractivity contribution in [3.8, 4) is 0 Å². The second-order valence-electron chi connectivity index (χ2n) is 3.56. The first-order chi connectivity index (χ1) is 5.79. The Balaban J connectivity index is 2.01. The third-order valence-corrected chi connectivity index (χ3v) is 2.48. The first-order valence-corrected chi connectivity index (χ1v) is 4.84. The molecule has 0 unspecified atom stereocenters. The fraction of sp³-hybridized carbons (Fsp3) is 0.800. The molecule has 1 rings (SSSR count). The summed E-state index contributed by atoms with van der Waals surface area (Å²) in [5.41, 5.74) is 0. The van der Waals surface area contributed by atoms with Gasteiger partial charge in [0.05, 0.1) is 0 Å². The molecule has 1 saturated carbocycles. The van der Waals surface area contributed by atoms with Crippen molar-refractivity contribution in [2.75, 3.05) is 0 Å². The molecule has 0 saturated heterocycles. The Hall–Kier alpha value is -0.530. The first-order valence-electron chi connectivity index (χ1n) is 4.84. The van der Waals surface area contributed by atoms with Gasteiger partial charge in [0.1, 0.15) is 0 Å².